The van der Waals surface area contributed by atoms with E-state index in [1.54, 1.807) is 18.4 Å². The third-order valence-electron chi connectivity index (χ3n) is 2.65. The first-order valence-corrected chi connectivity index (χ1v) is 6.67. The Bertz CT molecular complexity index is 357. The molecule has 1 fully saturated rings. The quantitative estimate of drug-likeness (QED) is 0.832. The summed E-state index contributed by atoms with van der Waals surface area (Å²) in [5.41, 5.74) is 0. The van der Waals surface area contributed by atoms with Gasteiger partial charge < -0.3 is 4.74 Å². The van der Waals surface area contributed by atoms with Gasteiger partial charge in [0.05, 0.1) is 0 Å². The van der Waals surface area contributed by atoms with Gasteiger partial charge in [-0.1, -0.05) is 0 Å². The molecule has 1 aliphatic rings. The van der Waals surface area contributed by atoms with E-state index in [1.165, 1.54) is 0 Å². The molecular formula is C11H13BrO2S. The molecule has 1 atom stereocenters. The van der Waals surface area contributed by atoms with Crippen molar-refractivity contribution in [3.63, 3.8) is 0 Å². The molecule has 4 heteroatoms. The number of thiophene rings is 1. The standard InChI is InChI=1S/C11H13BrO2S/c1-14-11(7-2-3-7)9(13)6-10-8(12)4-5-15-10/h4-5,7,11H,2-3,6H2,1H3. The lowest BCUT2D eigenvalue weighted by Crippen LogP contribution is -2.26. The minimum atomic E-state index is -0.181. The van der Waals surface area contributed by atoms with E-state index in [-0.39, 0.29) is 11.9 Å². The number of carbonyl (C=O) groups is 1. The molecule has 1 aliphatic carbocycles. The van der Waals surface area contributed by atoms with E-state index in [2.05, 4.69) is 15.9 Å². The Morgan fingerprint density at radius 3 is 2.93 bits per heavy atom. The Hall–Kier alpha value is -0.190. The van der Waals surface area contributed by atoms with Gasteiger partial charge in [-0.25, -0.2) is 0 Å². The zero-order chi connectivity index (χ0) is 10.8. The van der Waals surface area contributed by atoms with Crippen LogP contribution in [0, 0.1) is 5.92 Å². The molecule has 1 aromatic rings. The van der Waals surface area contributed by atoms with Crippen LogP contribution in [0.1, 0.15) is 17.7 Å². The van der Waals surface area contributed by atoms with Crippen molar-refractivity contribution in [1.82, 2.24) is 0 Å². The zero-order valence-electron chi connectivity index (χ0n) is 8.53. The molecule has 0 saturated heterocycles. The average molecular weight is 289 g/mol. The van der Waals surface area contributed by atoms with Crippen LogP contribution in [0.2, 0.25) is 0 Å². The lowest BCUT2D eigenvalue weighted by molar-refractivity contribution is -0.129. The predicted molar refractivity (Wildman–Crippen MR) is 64.3 cm³/mol. The number of ether oxygens (including phenoxy) is 1. The van der Waals surface area contributed by atoms with E-state index in [9.17, 15) is 4.79 Å². The summed E-state index contributed by atoms with van der Waals surface area (Å²) in [5.74, 6) is 0.685. The highest BCUT2D eigenvalue weighted by Gasteiger charge is 2.36. The maximum Gasteiger partial charge on any atom is 0.167 e. The lowest BCUT2D eigenvalue weighted by atomic mass is 10.1. The molecule has 1 saturated carbocycles. The minimum absolute atomic E-state index is 0.181. The smallest absolute Gasteiger partial charge is 0.167 e. The third kappa shape index (κ3) is 2.68. The number of halogens is 1. The predicted octanol–water partition coefficient (Wildman–Crippen LogP) is 3.05. The normalized spacial score (nSPS) is 17.7. The Labute approximate surface area is 102 Å². The van der Waals surface area contributed by atoms with E-state index in [4.69, 9.17) is 4.74 Å². The molecule has 1 unspecified atom stereocenters. The van der Waals surface area contributed by atoms with E-state index in [0.717, 1.165) is 22.2 Å². The van der Waals surface area contributed by atoms with Crippen LogP contribution in [0.4, 0.5) is 0 Å². The Balaban J connectivity index is 1.99. The first kappa shape index (κ1) is 11.3. The number of carbonyl (C=O) groups excluding carboxylic acids is 1. The number of ketones is 1. The Kier molecular flexibility index (Phi) is 3.59. The first-order valence-electron chi connectivity index (χ1n) is 4.99. The van der Waals surface area contributed by atoms with Crippen LogP contribution in [-0.2, 0) is 16.0 Å². The lowest BCUT2D eigenvalue weighted by Gasteiger charge is -2.12. The van der Waals surface area contributed by atoms with Crippen molar-refractivity contribution in [2.24, 2.45) is 5.92 Å². The summed E-state index contributed by atoms with van der Waals surface area (Å²) >= 11 is 5.05. The fraction of sp³-hybridized carbons (Fsp3) is 0.545. The number of Topliss-reactive ketones (excluding diaryl/α,β-unsaturated/α-hetero) is 1. The fourth-order valence-electron chi connectivity index (χ4n) is 1.70. The van der Waals surface area contributed by atoms with Gasteiger partial charge in [0.2, 0.25) is 0 Å². The van der Waals surface area contributed by atoms with Crippen LogP contribution in [0.25, 0.3) is 0 Å². The van der Waals surface area contributed by atoms with Crippen LogP contribution in [-0.4, -0.2) is 19.0 Å². The highest BCUT2D eigenvalue weighted by atomic mass is 79.9. The van der Waals surface area contributed by atoms with Gasteiger partial charge in [-0.2, -0.15) is 0 Å². The third-order valence-corrected chi connectivity index (χ3v) is 4.57. The molecule has 15 heavy (non-hydrogen) atoms. The van der Waals surface area contributed by atoms with Crippen molar-refractivity contribution in [3.8, 4) is 0 Å². The molecule has 0 spiro atoms. The number of hydrogen-bond acceptors (Lipinski definition) is 3. The highest BCUT2D eigenvalue weighted by molar-refractivity contribution is 9.10. The molecule has 0 bridgehead atoms. The van der Waals surface area contributed by atoms with Crippen molar-refractivity contribution in [3.05, 3.63) is 20.8 Å². The van der Waals surface area contributed by atoms with Crippen LogP contribution in [0.3, 0.4) is 0 Å². The van der Waals surface area contributed by atoms with Gasteiger partial charge in [-0.05, 0) is 46.1 Å². The molecule has 0 aromatic carbocycles. The van der Waals surface area contributed by atoms with Crippen LogP contribution < -0.4 is 0 Å². The second-order valence-corrected chi connectivity index (χ2v) is 5.68. The van der Waals surface area contributed by atoms with Gasteiger partial charge >= 0.3 is 0 Å². The monoisotopic (exact) mass is 288 g/mol. The van der Waals surface area contributed by atoms with Gasteiger partial charge in [0.15, 0.2) is 5.78 Å². The van der Waals surface area contributed by atoms with Crippen molar-refractivity contribution >= 4 is 33.0 Å². The molecule has 2 nitrogen and oxygen atoms in total. The van der Waals surface area contributed by atoms with E-state index >= 15 is 0 Å². The fourth-order valence-corrected chi connectivity index (χ4v) is 3.20. The molecule has 0 radical (unpaired) electrons. The summed E-state index contributed by atoms with van der Waals surface area (Å²) in [6, 6.07) is 1.98. The summed E-state index contributed by atoms with van der Waals surface area (Å²) in [6.45, 7) is 0. The highest BCUT2D eigenvalue weighted by Crippen LogP contribution is 2.35. The van der Waals surface area contributed by atoms with E-state index in [1.807, 2.05) is 11.4 Å². The van der Waals surface area contributed by atoms with Gasteiger partial charge in [-0.15, -0.1) is 11.3 Å². The number of rotatable bonds is 5. The van der Waals surface area contributed by atoms with Gasteiger partial charge in [0, 0.05) is 22.9 Å². The van der Waals surface area contributed by atoms with Gasteiger partial charge in [0.1, 0.15) is 6.10 Å². The minimum Gasteiger partial charge on any atom is -0.373 e. The molecular weight excluding hydrogens is 276 g/mol. The molecule has 1 heterocycles. The maximum atomic E-state index is 11.9. The number of hydrogen-bond donors (Lipinski definition) is 0. The molecule has 0 amide bonds. The van der Waals surface area contributed by atoms with Crippen molar-refractivity contribution in [1.29, 1.82) is 0 Å². The largest absolute Gasteiger partial charge is 0.373 e. The van der Waals surface area contributed by atoms with E-state index < -0.39 is 0 Å². The van der Waals surface area contributed by atoms with Gasteiger partial charge in [0.25, 0.3) is 0 Å². The van der Waals surface area contributed by atoms with Crippen LogP contribution in [0.5, 0.6) is 0 Å². The summed E-state index contributed by atoms with van der Waals surface area (Å²) in [7, 11) is 1.63. The summed E-state index contributed by atoms with van der Waals surface area (Å²) in [6.07, 6.45) is 2.58. The molecule has 1 aromatic heterocycles. The molecule has 2 rings (SSSR count). The SMILES string of the molecule is COC(C(=O)Cc1sccc1Br)C1CC1. The molecule has 0 aliphatic heterocycles. The number of methoxy groups -OCH3 is 1. The van der Waals surface area contributed by atoms with Crippen molar-refractivity contribution < 1.29 is 9.53 Å². The van der Waals surface area contributed by atoms with Gasteiger partial charge in [-0.3, -0.25) is 4.79 Å². The molecule has 82 valence electrons. The zero-order valence-corrected chi connectivity index (χ0v) is 10.9. The molecule has 0 N–H and O–H groups in total. The van der Waals surface area contributed by atoms with Crippen molar-refractivity contribution in [2.75, 3.05) is 7.11 Å². The Morgan fingerprint density at radius 2 is 2.47 bits per heavy atom. The average Bonchev–Trinajstić information content (AvgIpc) is 2.95. The van der Waals surface area contributed by atoms with E-state index in [0.29, 0.717) is 12.3 Å². The van der Waals surface area contributed by atoms with Crippen molar-refractivity contribution in [2.45, 2.75) is 25.4 Å². The van der Waals surface area contributed by atoms with Crippen LogP contribution in [0.15, 0.2) is 15.9 Å². The summed E-state index contributed by atoms with van der Waals surface area (Å²) in [4.78, 5) is 13.0. The summed E-state index contributed by atoms with van der Waals surface area (Å²) in [5, 5.41) is 1.99. The first-order chi connectivity index (χ1) is 7.22. The summed E-state index contributed by atoms with van der Waals surface area (Å²) < 4.78 is 6.30. The maximum absolute atomic E-state index is 11.9. The topological polar surface area (TPSA) is 26.3 Å². The second-order valence-electron chi connectivity index (χ2n) is 3.83. The second kappa shape index (κ2) is 4.76. The van der Waals surface area contributed by atoms with Crippen LogP contribution >= 0.6 is 27.3 Å². The Morgan fingerprint density at radius 1 is 1.73 bits per heavy atom.